The Balaban J connectivity index is 1.46. The van der Waals surface area contributed by atoms with Crippen LogP contribution in [-0.4, -0.2) is 28.2 Å². The van der Waals surface area contributed by atoms with Gasteiger partial charge >= 0.3 is 0 Å². The molecular formula is C18H18N3. The van der Waals surface area contributed by atoms with Crippen molar-refractivity contribution in [1.29, 1.82) is 0 Å². The summed E-state index contributed by atoms with van der Waals surface area (Å²) in [5.74, 6) is 0. The molecule has 1 aliphatic rings. The first-order valence-electron chi connectivity index (χ1n) is 7.52. The van der Waals surface area contributed by atoms with Crippen molar-refractivity contribution >= 4 is 10.9 Å². The molecule has 21 heavy (non-hydrogen) atoms. The van der Waals surface area contributed by atoms with E-state index in [1.807, 2.05) is 12.1 Å². The summed E-state index contributed by atoms with van der Waals surface area (Å²) in [7, 11) is 0. The van der Waals surface area contributed by atoms with Crippen molar-refractivity contribution in [3.8, 4) is 0 Å². The summed E-state index contributed by atoms with van der Waals surface area (Å²) in [6.45, 7) is 3.23. The lowest BCUT2D eigenvalue weighted by Gasteiger charge is -2.28. The Morgan fingerprint density at radius 1 is 1.19 bits per heavy atom. The standard InChI is InChI=1S/C18H18N3/c1-2-6-15-13-21(11-9-14(15)5-1)12-10-18-16-7-3-4-8-17(16)19-20-18/h1,3-8H,9-13H2,(H,19,20). The van der Waals surface area contributed by atoms with Gasteiger partial charge in [-0.1, -0.05) is 30.3 Å². The molecule has 1 aromatic heterocycles. The monoisotopic (exact) mass is 276 g/mol. The number of aromatic amines is 1. The Morgan fingerprint density at radius 2 is 2.14 bits per heavy atom. The van der Waals surface area contributed by atoms with Crippen LogP contribution in [0.15, 0.2) is 42.5 Å². The van der Waals surface area contributed by atoms with Gasteiger partial charge in [0.05, 0.1) is 11.2 Å². The van der Waals surface area contributed by atoms with Crippen LogP contribution in [0.1, 0.15) is 16.8 Å². The number of benzene rings is 2. The van der Waals surface area contributed by atoms with Crippen molar-refractivity contribution in [2.75, 3.05) is 13.1 Å². The third-order valence-corrected chi connectivity index (χ3v) is 4.36. The molecule has 105 valence electrons. The molecule has 0 aliphatic carbocycles. The highest BCUT2D eigenvalue weighted by molar-refractivity contribution is 5.81. The molecule has 2 heterocycles. The number of nitrogens with one attached hydrogen (secondary N) is 1. The lowest BCUT2D eigenvalue weighted by molar-refractivity contribution is 0.257. The minimum Gasteiger partial charge on any atom is -0.298 e. The second kappa shape index (κ2) is 5.34. The summed E-state index contributed by atoms with van der Waals surface area (Å²) in [6.07, 6.45) is 2.14. The van der Waals surface area contributed by atoms with Crippen molar-refractivity contribution in [2.24, 2.45) is 0 Å². The first-order chi connectivity index (χ1) is 10.4. The van der Waals surface area contributed by atoms with Crippen LogP contribution in [0.4, 0.5) is 0 Å². The molecule has 3 nitrogen and oxygen atoms in total. The highest BCUT2D eigenvalue weighted by atomic mass is 15.1. The molecule has 0 saturated carbocycles. The maximum Gasteiger partial charge on any atom is 0.0713 e. The van der Waals surface area contributed by atoms with E-state index >= 15 is 0 Å². The van der Waals surface area contributed by atoms with Gasteiger partial charge in [0, 0.05) is 31.4 Å². The zero-order valence-electron chi connectivity index (χ0n) is 12.0. The van der Waals surface area contributed by atoms with E-state index in [0.717, 1.165) is 38.0 Å². The van der Waals surface area contributed by atoms with Crippen LogP contribution in [0.3, 0.4) is 0 Å². The number of para-hydroxylation sites is 1. The Hall–Kier alpha value is -2.13. The zero-order valence-corrected chi connectivity index (χ0v) is 12.0. The Labute approximate surface area is 124 Å². The molecule has 1 radical (unpaired) electrons. The van der Waals surface area contributed by atoms with Crippen LogP contribution >= 0.6 is 0 Å². The average Bonchev–Trinajstić information content (AvgIpc) is 2.96. The summed E-state index contributed by atoms with van der Waals surface area (Å²) < 4.78 is 0. The number of fused-ring (bicyclic) bond motifs is 2. The lowest BCUT2D eigenvalue weighted by atomic mass is 10.00. The molecule has 0 bridgehead atoms. The summed E-state index contributed by atoms with van der Waals surface area (Å²) in [5.41, 5.74) is 5.22. The molecule has 1 aliphatic heterocycles. The van der Waals surface area contributed by atoms with E-state index < -0.39 is 0 Å². The Kier molecular flexibility index (Phi) is 3.20. The normalized spacial score (nSPS) is 15.2. The number of H-pyrrole nitrogens is 1. The third-order valence-electron chi connectivity index (χ3n) is 4.36. The van der Waals surface area contributed by atoms with Crippen molar-refractivity contribution < 1.29 is 0 Å². The lowest BCUT2D eigenvalue weighted by Crippen LogP contribution is -2.32. The molecule has 0 unspecified atom stereocenters. The number of hydrogen-bond acceptors (Lipinski definition) is 2. The first-order valence-corrected chi connectivity index (χ1v) is 7.52. The van der Waals surface area contributed by atoms with Gasteiger partial charge in [-0.2, -0.15) is 5.10 Å². The summed E-state index contributed by atoms with van der Waals surface area (Å²) in [6, 6.07) is 17.9. The number of rotatable bonds is 3. The molecule has 3 heteroatoms. The van der Waals surface area contributed by atoms with E-state index in [2.05, 4.69) is 51.5 Å². The zero-order chi connectivity index (χ0) is 14.1. The van der Waals surface area contributed by atoms with Crippen LogP contribution in [0.2, 0.25) is 0 Å². The molecule has 3 aromatic rings. The average molecular weight is 276 g/mol. The highest BCUT2D eigenvalue weighted by Gasteiger charge is 2.16. The number of aromatic nitrogens is 2. The van der Waals surface area contributed by atoms with E-state index in [9.17, 15) is 0 Å². The number of hydrogen-bond donors (Lipinski definition) is 1. The summed E-state index contributed by atoms with van der Waals surface area (Å²) in [4.78, 5) is 2.51. The van der Waals surface area contributed by atoms with Gasteiger partial charge in [-0.25, -0.2) is 0 Å². The second-order valence-electron chi connectivity index (χ2n) is 5.69. The van der Waals surface area contributed by atoms with Crippen LogP contribution in [0.5, 0.6) is 0 Å². The fourth-order valence-corrected chi connectivity index (χ4v) is 3.15. The summed E-state index contributed by atoms with van der Waals surface area (Å²) >= 11 is 0. The maximum atomic E-state index is 4.47. The van der Waals surface area contributed by atoms with E-state index in [0.29, 0.717) is 0 Å². The number of nitrogens with zero attached hydrogens (tertiary/aromatic N) is 2. The minimum atomic E-state index is 0.996. The molecule has 0 fully saturated rings. The van der Waals surface area contributed by atoms with Crippen molar-refractivity contribution in [1.82, 2.24) is 15.1 Å². The molecule has 0 atom stereocenters. The molecule has 4 rings (SSSR count). The van der Waals surface area contributed by atoms with Gasteiger partial charge in [0.2, 0.25) is 0 Å². The smallest absolute Gasteiger partial charge is 0.0713 e. The molecular weight excluding hydrogens is 258 g/mol. The molecule has 1 N–H and O–H groups in total. The fourth-order valence-electron chi connectivity index (χ4n) is 3.15. The van der Waals surface area contributed by atoms with Gasteiger partial charge in [0.15, 0.2) is 0 Å². The Morgan fingerprint density at radius 3 is 3.14 bits per heavy atom. The van der Waals surface area contributed by atoms with Gasteiger partial charge in [0.25, 0.3) is 0 Å². The largest absolute Gasteiger partial charge is 0.298 e. The van der Waals surface area contributed by atoms with Crippen LogP contribution < -0.4 is 0 Å². The first kappa shape index (κ1) is 12.6. The third kappa shape index (κ3) is 2.45. The van der Waals surface area contributed by atoms with Crippen LogP contribution in [-0.2, 0) is 19.4 Å². The van der Waals surface area contributed by atoms with Crippen LogP contribution in [0, 0.1) is 6.07 Å². The Bertz CT molecular complexity index is 760. The molecule has 0 amide bonds. The van der Waals surface area contributed by atoms with Crippen molar-refractivity contribution in [2.45, 2.75) is 19.4 Å². The molecule has 0 saturated heterocycles. The van der Waals surface area contributed by atoms with Gasteiger partial charge in [-0.15, -0.1) is 0 Å². The second-order valence-corrected chi connectivity index (χ2v) is 5.69. The van der Waals surface area contributed by atoms with Gasteiger partial charge in [-0.3, -0.25) is 10.00 Å². The predicted octanol–water partition coefficient (Wildman–Crippen LogP) is 2.96. The summed E-state index contributed by atoms with van der Waals surface area (Å²) in [5, 5.41) is 8.84. The minimum absolute atomic E-state index is 0.996. The van der Waals surface area contributed by atoms with E-state index in [1.165, 1.54) is 22.2 Å². The maximum absolute atomic E-state index is 4.47. The topological polar surface area (TPSA) is 31.9 Å². The van der Waals surface area contributed by atoms with Gasteiger partial charge < -0.3 is 0 Å². The van der Waals surface area contributed by atoms with Gasteiger partial charge in [-0.05, 0) is 35.7 Å². The molecule has 0 spiro atoms. The van der Waals surface area contributed by atoms with E-state index in [4.69, 9.17) is 0 Å². The fraction of sp³-hybridized carbons (Fsp3) is 0.278. The predicted molar refractivity (Wildman–Crippen MR) is 84.1 cm³/mol. The van der Waals surface area contributed by atoms with E-state index in [-0.39, 0.29) is 0 Å². The quantitative estimate of drug-likeness (QED) is 0.797. The highest BCUT2D eigenvalue weighted by Crippen LogP contribution is 2.20. The van der Waals surface area contributed by atoms with Gasteiger partial charge in [0.1, 0.15) is 0 Å². The SMILES string of the molecule is [c]1ccc2c(c1)CN(CCc1n[nH]c3ccccc13)CC2. The van der Waals surface area contributed by atoms with E-state index in [1.54, 1.807) is 0 Å². The van der Waals surface area contributed by atoms with Crippen LogP contribution in [0.25, 0.3) is 10.9 Å². The molecule has 2 aromatic carbocycles. The van der Waals surface area contributed by atoms with Crippen molar-refractivity contribution in [3.05, 3.63) is 65.4 Å². The van der Waals surface area contributed by atoms with Crippen molar-refractivity contribution in [3.63, 3.8) is 0 Å².